The molecule has 18 heavy (non-hydrogen) atoms. The minimum Gasteiger partial charge on any atom is -0.508 e. The van der Waals surface area contributed by atoms with Crippen LogP contribution < -0.4 is 5.73 Å². The zero-order valence-corrected chi connectivity index (χ0v) is 10.00. The molecule has 2 aromatic carbocycles. The van der Waals surface area contributed by atoms with Crippen molar-refractivity contribution in [3.8, 4) is 5.75 Å². The van der Waals surface area contributed by atoms with E-state index in [0.717, 1.165) is 5.56 Å². The standard InChI is InChI=1S/C7H9NO.C7H6O2/c1-5-4-6(8)2-3-7(5)9;8-7(9)6-4-2-1-3-5-6/h2-4,9H,8H2,1H3;1-5H,(H,8,9). The lowest BCUT2D eigenvalue weighted by atomic mass is 10.2. The molecular weight excluding hydrogens is 230 g/mol. The predicted octanol–water partition coefficient (Wildman–Crippen LogP) is 2.67. The number of phenols is 1. The van der Waals surface area contributed by atoms with E-state index in [1.165, 1.54) is 0 Å². The summed E-state index contributed by atoms with van der Waals surface area (Å²) in [6.07, 6.45) is 0. The number of hydrogen-bond donors (Lipinski definition) is 3. The average molecular weight is 245 g/mol. The van der Waals surface area contributed by atoms with E-state index in [2.05, 4.69) is 0 Å². The molecule has 4 N–H and O–H groups in total. The van der Waals surface area contributed by atoms with Gasteiger partial charge in [-0.3, -0.25) is 0 Å². The van der Waals surface area contributed by atoms with Crippen LogP contribution in [0.25, 0.3) is 0 Å². The summed E-state index contributed by atoms with van der Waals surface area (Å²) >= 11 is 0. The first-order valence-electron chi connectivity index (χ1n) is 5.34. The van der Waals surface area contributed by atoms with Gasteiger partial charge in [0.05, 0.1) is 5.56 Å². The Morgan fingerprint density at radius 1 is 1.11 bits per heavy atom. The number of rotatable bonds is 1. The van der Waals surface area contributed by atoms with Gasteiger partial charge in [0, 0.05) is 5.69 Å². The maximum absolute atomic E-state index is 10.2. The maximum Gasteiger partial charge on any atom is 0.335 e. The number of carboxylic acid groups (broad SMARTS) is 1. The van der Waals surface area contributed by atoms with Gasteiger partial charge in [0.15, 0.2) is 0 Å². The molecule has 0 spiro atoms. The van der Waals surface area contributed by atoms with Crippen LogP contribution in [-0.4, -0.2) is 16.2 Å². The zero-order chi connectivity index (χ0) is 13.5. The number of aryl methyl sites for hydroxylation is 1. The van der Waals surface area contributed by atoms with Crippen molar-refractivity contribution in [2.24, 2.45) is 0 Å². The number of hydrogen-bond acceptors (Lipinski definition) is 3. The highest BCUT2D eigenvalue weighted by molar-refractivity contribution is 5.87. The average Bonchev–Trinajstić information content (AvgIpc) is 2.36. The smallest absolute Gasteiger partial charge is 0.335 e. The van der Waals surface area contributed by atoms with Crippen LogP contribution in [0.5, 0.6) is 5.75 Å². The number of nitrogens with two attached hydrogens (primary N) is 1. The topological polar surface area (TPSA) is 83.5 Å². The summed E-state index contributed by atoms with van der Waals surface area (Å²) in [5.74, 6) is -0.584. The van der Waals surface area contributed by atoms with Gasteiger partial charge in [0.25, 0.3) is 0 Å². The number of aromatic hydroxyl groups is 1. The minimum absolute atomic E-state index is 0.296. The van der Waals surface area contributed by atoms with E-state index < -0.39 is 5.97 Å². The molecular formula is C14H15NO3. The van der Waals surface area contributed by atoms with Gasteiger partial charge in [-0.15, -0.1) is 0 Å². The molecule has 4 heteroatoms. The monoisotopic (exact) mass is 245 g/mol. The molecule has 0 fully saturated rings. The van der Waals surface area contributed by atoms with Crippen molar-refractivity contribution in [2.45, 2.75) is 6.92 Å². The Hall–Kier alpha value is -2.49. The van der Waals surface area contributed by atoms with Crippen LogP contribution in [-0.2, 0) is 0 Å². The van der Waals surface area contributed by atoms with Crippen molar-refractivity contribution in [1.29, 1.82) is 0 Å². The van der Waals surface area contributed by atoms with Crippen LogP contribution in [0.3, 0.4) is 0 Å². The molecule has 2 aromatic rings. The van der Waals surface area contributed by atoms with Gasteiger partial charge < -0.3 is 15.9 Å². The fraction of sp³-hybridized carbons (Fsp3) is 0.0714. The summed E-state index contributed by atoms with van der Waals surface area (Å²) in [4.78, 5) is 10.2. The van der Waals surface area contributed by atoms with Gasteiger partial charge in [0.2, 0.25) is 0 Å². The number of benzene rings is 2. The van der Waals surface area contributed by atoms with Gasteiger partial charge in [0.1, 0.15) is 5.75 Å². The Morgan fingerprint density at radius 2 is 1.72 bits per heavy atom. The van der Waals surface area contributed by atoms with Crippen LogP contribution in [0.15, 0.2) is 48.5 Å². The number of carboxylic acids is 1. The van der Waals surface area contributed by atoms with Crippen LogP contribution in [0.2, 0.25) is 0 Å². The molecule has 0 atom stereocenters. The molecule has 0 aromatic heterocycles. The molecule has 94 valence electrons. The van der Waals surface area contributed by atoms with E-state index in [1.54, 1.807) is 48.5 Å². The molecule has 0 radical (unpaired) electrons. The number of phenolic OH excluding ortho intramolecular Hbond substituents is 1. The van der Waals surface area contributed by atoms with Crippen molar-refractivity contribution < 1.29 is 15.0 Å². The SMILES string of the molecule is Cc1cc(N)ccc1O.O=C(O)c1ccccc1. The van der Waals surface area contributed by atoms with Crippen molar-refractivity contribution in [3.05, 3.63) is 59.7 Å². The van der Waals surface area contributed by atoms with E-state index in [9.17, 15) is 4.79 Å². The molecule has 0 unspecified atom stereocenters. The van der Waals surface area contributed by atoms with Crippen molar-refractivity contribution in [2.75, 3.05) is 5.73 Å². The minimum atomic E-state index is -0.879. The summed E-state index contributed by atoms with van der Waals surface area (Å²) in [5.41, 5.74) is 7.25. The summed E-state index contributed by atoms with van der Waals surface area (Å²) in [6.45, 7) is 1.81. The van der Waals surface area contributed by atoms with Gasteiger partial charge >= 0.3 is 5.97 Å². The van der Waals surface area contributed by atoms with Gasteiger partial charge in [-0.25, -0.2) is 4.79 Å². The van der Waals surface area contributed by atoms with Gasteiger partial charge in [-0.05, 0) is 42.8 Å². The Balaban J connectivity index is 0.000000180. The fourth-order valence-corrected chi connectivity index (χ4v) is 1.26. The third-order valence-corrected chi connectivity index (χ3v) is 2.24. The van der Waals surface area contributed by atoms with E-state index in [0.29, 0.717) is 17.0 Å². The summed E-state index contributed by atoms with van der Waals surface area (Å²) in [7, 11) is 0. The molecule has 0 aliphatic carbocycles. The molecule has 2 rings (SSSR count). The third-order valence-electron chi connectivity index (χ3n) is 2.24. The lowest BCUT2D eigenvalue weighted by Gasteiger charge is -1.97. The van der Waals surface area contributed by atoms with Crippen LogP contribution in [0, 0.1) is 6.92 Å². The second kappa shape index (κ2) is 6.30. The summed E-state index contributed by atoms with van der Waals surface area (Å²) < 4.78 is 0. The lowest BCUT2D eigenvalue weighted by Crippen LogP contribution is -1.93. The normalized spacial score (nSPS) is 9.17. The first-order valence-corrected chi connectivity index (χ1v) is 5.34. The quantitative estimate of drug-likeness (QED) is 0.532. The fourth-order valence-electron chi connectivity index (χ4n) is 1.26. The van der Waals surface area contributed by atoms with E-state index in [1.807, 2.05) is 6.92 Å². The first-order chi connectivity index (χ1) is 8.50. The molecule has 0 amide bonds. The third kappa shape index (κ3) is 4.17. The predicted molar refractivity (Wildman–Crippen MR) is 70.7 cm³/mol. The Labute approximate surface area is 105 Å². The Morgan fingerprint density at radius 3 is 2.11 bits per heavy atom. The highest BCUT2D eigenvalue weighted by Gasteiger charge is 1.96. The molecule has 4 nitrogen and oxygen atoms in total. The van der Waals surface area contributed by atoms with Gasteiger partial charge in [-0.2, -0.15) is 0 Å². The molecule has 0 saturated carbocycles. The second-order valence-corrected chi connectivity index (χ2v) is 3.72. The molecule has 0 aliphatic rings. The second-order valence-electron chi connectivity index (χ2n) is 3.72. The number of carbonyl (C=O) groups is 1. The number of aromatic carboxylic acids is 1. The molecule has 0 aliphatic heterocycles. The lowest BCUT2D eigenvalue weighted by molar-refractivity contribution is 0.0697. The Kier molecular flexibility index (Phi) is 4.75. The van der Waals surface area contributed by atoms with E-state index >= 15 is 0 Å². The van der Waals surface area contributed by atoms with Crippen molar-refractivity contribution in [3.63, 3.8) is 0 Å². The Bertz CT molecular complexity index is 524. The first kappa shape index (κ1) is 13.6. The summed E-state index contributed by atoms with van der Waals surface area (Å²) in [6, 6.07) is 13.3. The highest BCUT2D eigenvalue weighted by atomic mass is 16.4. The molecule has 0 bridgehead atoms. The van der Waals surface area contributed by atoms with Crippen molar-refractivity contribution in [1.82, 2.24) is 0 Å². The highest BCUT2D eigenvalue weighted by Crippen LogP contribution is 2.17. The van der Waals surface area contributed by atoms with Gasteiger partial charge in [-0.1, -0.05) is 18.2 Å². The number of anilines is 1. The molecule has 0 saturated heterocycles. The van der Waals surface area contributed by atoms with Crippen LogP contribution in [0.1, 0.15) is 15.9 Å². The van der Waals surface area contributed by atoms with Crippen LogP contribution in [0.4, 0.5) is 5.69 Å². The summed E-state index contributed by atoms with van der Waals surface area (Å²) in [5, 5.41) is 17.4. The largest absolute Gasteiger partial charge is 0.508 e. The number of nitrogen functional groups attached to an aromatic ring is 1. The zero-order valence-electron chi connectivity index (χ0n) is 10.00. The maximum atomic E-state index is 10.2. The molecule has 0 heterocycles. The van der Waals surface area contributed by atoms with Crippen LogP contribution >= 0.6 is 0 Å². The van der Waals surface area contributed by atoms with E-state index in [-0.39, 0.29) is 0 Å². The van der Waals surface area contributed by atoms with E-state index in [4.69, 9.17) is 15.9 Å². The van der Waals surface area contributed by atoms with Crippen molar-refractivity contribution >= 4 is 11.7 Å².